The summed E-state index contributed by atoms with van der Waals surface area (Å²) >= 11 is 0. The Bertz CT molecular complexity index is 911. The first-order chi connectivity index (χ1) is 14.5. The van der Waals surface area contributed by atoms with E-state index in [1.165, 1.54) is 13.3 Å². The Morgan fingerprint density at radius 3 is 2.60 bits per heavy atom. The molecule has 8 heteroatoms. The van der Waals surface area contributed by atoms with Crippen LogP contribution in [0.5, 0.6) is 17.2 Å². The smallest absolute Gasteiger partial charge is 0.259 e. The van der Waals surface area contributed by atoms with Gasteiger partial charge in [-0.2, -0.15) is 5.10 Å². The van der Waals surface area contributed by atoms with Crippen molar-refractivity contribution in [3.63, 3.8) is 0 Å². The number of hydrogen-bond acceptors (Lipinski definition) is 6. The van der Waals surface area contributed by atoms with E-state index in [1.54, 1.807) is 30.3 Å². The summed E-state index contributed by atoms with van der Waals surface area (Å²) in [7, 11) is 1.53. The maximum atomic E-state index is 11.8. The first-order valence-corrected chi connectivity index (χ1v) is 9.22. The predicted octanol–water partition coefficient (Wildman–Crippen LogP) is 2.21. The molecule has 8 nitrogen and oxygen atoms in total. The SMILES string of the molecule is C=CCOc1ccc(/C=N\NC(=O)CNC(=O)COc2ccccc2C)cc1OC. The van der Waals surface area contributed by atoms with E-state index in [0.29, 0.717) is 29.4 Å². The molecule has 0 fully saturated rings. The molecule has 0 aromatic heterocycles. The highest BCUT2D eigenvalue weighted by atomic mass is 16.5. The Hall–Kier alpha value is -3.81. The number of carbonyl (C=O) groups is 2. The molecule has 0 heterocycles. The lowest BCUT2D eigenvalue weighted by Gasteiger charge is -2.09. The average Bonchev–Trinajstić information content (AvgIpc) is 2.76. The number of nitrogens with zero attached hydrogens (tertiary/aromatic N) is 1. The van der Waals surface area contributed by atoms with Crippen LogP contribution in [0.1, 0.15) is 11.1 Å². The van der Waals surface area contributed by atoms with Crippen LogP contribution < -0.4 is 25.0 Å². The lowest BCUT2D eigenvalue weighted by molar-refractivity contribution is -0.127. The van der Waals surface area contributed by atoms with Gasteiger partial charge in [-0.05, 0) is 42.3 Å². The fraction of sp³-hybridized carbons (Fsp3) is 0.227. The molecule has 2 rings (SSSR count). The summed E-state index contributed by atoms with van der Waals surface area (Å²) in [4.78, 5) is 23.6. The van der Waals surface area contributed by atoms with E-state index in [-0.39, 0.29) is 13.2 Å². The van der Waals surface area contributed by atoms with Gasteiger partial charge in [0.1, 0.15) is 12.4 Å². The van der Waals surface area contributed by atoms with Crippen molar-refractivity contribution >= 4 is 18.0 Å². The zero-order chi connectivity index (χ0) is 21.8. The molecule has 0 saturated carbocycles. The molecule has 2 aromatic rings. The van der Waals surface area contributed by atoms with Crippen molar-refractivity contribution in [2.24, 2.45) is 5.10 Å². The first-order valence-electron chi connectivity index (χ1n) is 9.22. The maximum absolute atomic E-state index is 11.8. The van der Waals surface area contributed by atoms with E-state index < -0.39 is 11.8 Å². The van der Waals surface area contributed by atoms with Gasteiger partial charge in [-0.15, -0.1) is 0 Å². The molecule has 2 aromatic carbocycles. The second-order valence-electron chi connectivity index (χ2n) is 6.13. The van der Waals surface area contributed by atoms with Gasteiger partial charge in [-0.25, -0.2) is 5.43 Å². The second-order valence-corrected chi connectivity index (χ2v) is 6.13. The molecule has 30 heavy (non-hydrogen) atoms. The van der Waals surface area contributed by atoms with Crippen molar-refractivity contribution in [2.45, 2.75) is 6.92 Å². The molecular weight excluding hydrogens is 386 g/mol. The van der Waals surface area contributed by atoms with Crippen molar-refractivity contribution in [3.05, 3.63) is 66.2 Å². The normalized spacial score (nSPS) is 10.3. The fourth-order valence-corrected chi connectivity index (χ4v) is 2.34. The predicted molar refractivity (Wildman–Crippen MR) is 114 cm³/mol. The number of benzene rings is 2. The molecule has 0 aliphatic rings. The molecule has 0 saturated heterocycles. The molecule has 0 atom stereocenters. The quantitative estimate of drug-likeness (QED) is 0.336. The Labute approximate surface area is 175 Å². The number of aryl methyl sites for hydroxylation is 1. The third kappa shape index (κ3) is 7.31. The van der Waals surface area contributed by atoms with Crippen LogP contribution in [-0.4, -0.2) is 44.9 Å². The number of rotatable bonds is 11. The Morgan fingerprint density at radius 1 is 1.07 bits per heavy atom. The zero-order valence-electron chi connectivity index (χ0n) is 17.0. The summed E-state index contributed by atoms with van der Waals surface area (Å²) in [5, 5.41) is 6.34. The van der Waals surface area contributed by atoms with Crippen LogP contribution in [0.3, 0.4) is 0 Å². The number of hydrazone groups is 1. The second kappa shape index (κ2) is 11.9. The van der Waals surface area contributed by atoms with Crippen molar-refractivity contribution in [3.8, 4) is 17.2 Å². The van der Waals surface area contributed by atoms with Crippen LogP contribution in [0.25, 0.3) is 0 Å². The molecule has 0 aliphatic carbocycles. The Kier molecular flexibility index (Phi) is 8.92. The van der Waals surface area contributed by atoms with E-state index in [9.17, 15) is 9.59 Å². The number of nitrogens with one attached hydrogen (secondary N) is 2. The van der Waals surface area contributed by atoms with Gasteiger partial charge in [0.05, 0.1) is 19.9 Å². The minimum Gasteiger partial charge on any atom is -0.493 e. The monoisotopic (exact) mass is 411 g/mol. The van der Waals surface area contributed by atoms with Gasteiger partial charge < -0.3 is 19.5 Å². The molecule has 2 N–H and O–H groups in total. The first kappa shape index (κ1) is 22.5. The van der Waals surface area contributed by atoms with Gasteiger partial charge in [0, 0.05) is 0 Å². The van der Waals surface area contributed by atoms with Gasteiger partial charge in [0.15, 0.2) is 18.1 Å². The minimum atomic E-state index is -0.464. The van der Waals surface area contributed by atoms with Crippen LogP contribution in [0.2, 0.25) is 0 Å². The average molecular weight is 411 g/mol. The van der Waals surface area contributed by atoms with Crippen LogP contribution in [0.15, 0.2) is 60.2 Å². The van der Waals surface area contributed by atoms with E-state index in [0.717, 1.165) is 5.56 Å². The summed E-state index contributed by atoms with van der Waals surface area (Å²) in [5.74, 6) is 0.867. The number of amides is 2. The van der Waals surface area contributed by atoms with Crippen LogP contribution >= 0.6 is 0 Å². The van der Waals surface area contributed by atoms with Gasteiger partial charge in [-0.3, -0.25) is 9.59 Å². The Balaban J connectivity index is 1.75. The molecule has 0 spiro atoms. The van der Waals surface area contributed by atoms with Crippen LogP contribution in [-0.2, 0) is 9.59 Å². The van der Waals surface area contributed by atoms with Crippen LogP contribution in [0.4, 0.5) is 0 Å². The molecule has 0 radical (unpaired) electrons. The topological polar surface area (TPSA) is 98.2 Å². The number of methoxy groups -OCH3 is 1. The highest BCUT2D eigenvalue weighted by Gasteiger charge is 2.07. The van der Waals surface area contributed by atoms with Crippen molar-refractivity contribution in [2.75, 3.05) is 26.9 Å². The maximum Gasteiger partial charge on any atom is 0.259 e. The van der Waals surface area contributed by atoms with Crippen molar-refractivity contribution < 1.29 is 23.8 Å². The van der Waals surface area contributed by atoms with E-state index in [1.807, 2.05) is 25.1 Å². The van der Waals surface area contributed by atoms with Crippen molar-refractivity contribution in [1.82, 2.24) is 10.7 Å². The van der Waals surface area contributed by atoms with Gasteiger partial charge in [0.2, 0.25) is 0 Å². The number of para-hydroxylation sites is 1. The number of carbonyl (C=O) groups excluding carboxylic acids is 2. The summed E-state index contributed by atoms with van der Waals surface area (Å²) in [6, 6.07) is 12.6. The highest BCUT2D eigenvalue weighted by molar-refractivity contribution is 5.87. The zero-order valence-corrected chi connectivity index (χ0v) is 17.0. The van der Waals surface area contributed by atoms with E-state index >= 15 is 0 Å². The molecule has 158 valence electrons. The lowest BCUT2D eigenvalue weighted by Crippen LogP contribution is -2.37. The van der Waals surface area contributed by atoms with Gasteiger partial charge in [0.25, 0.3) is 11.8 Å². The molecule has 0 aliphatic heterocycles. The third-order valence-electron chi connectivity index (χ3n) is 3.85. The standard InChI is InChI=1S/C22H25N3O5/c1-4-11-29-19-10-9-17(12-20(19)28-3)13-24-25-21(26)14-23-22(27)15-30-18-8-6-5-7-16(18)2/h4-10,12-13H,1,11,14-15H2,2-3H3,(H,23,27)(H,25,26)/b24-13-. The van der Waals surface area contributed by atoms with Gasteiger partial charge in [-0.1, -0.05) is 30.9 Å². The molecular formula is C22H25N3O5. The molecule has 0 bridgehead atoms. The molecule has 2 amide bonds. The minimum absolute atomic E-state index is 0.179. The van der Waals surface area contributed by atoms with E-state index in [2.05, 4.69) is 22.4 Å². The largest absolute Gasteiger partial charge is 0.493 e. The molecule has 0 unspecified atom stereocenters. The summed E-state index contributed by atoms with van der Waals surface area (Å²) < 4.78 is 16.2. The summed E-state index contributed by atoms with van der Waals surface area (Å²) in [5.41, 5.74) is 3.97. The highest BCUT2D eigenvalue weighted by Crippen LogP contribution is 2.27. The number of ether oxygens (including phenoxy) is 3. The summed E-state index contributed by atoms with van der Waals surface area (Å²) in [6.07, 6.45) is 3.10. The summed E-state index contributed by atoms with van der Waals surface area (Å²) in [6.45, 7) is 5.45. The van der Waals surface area contributed by atoms with Crippen LogP contribution in [0, 0.1) is 6.92 Å². The van der Waals surface area contributed by atoms with Gasteiger partial charge >= 0.3 is 0 Å². The Morgan fingerprint density at radius 2 is 1.87 bits per heavy atom. The number of hydrogen-bond donors (Lipinski definition) is 2. The lowest BCUT2D eigenvalue weighted by atomic mass is 10.2. The fourth-order valence-electron chi connectivity index (χ4n) is 2.34. The van der Waals surface area contributed by atoms with Crippen molar-refractivity contribution in [1.29, 1.82) is 0 Å². The third-order valence-corrected chi connectivity index (χ3v) is 3.85. The van der Waals surface area contributed by atoms with E-state index in [4.69, 9.17) is 14.2 Å².